The van der Waals surface area contributed by atoms with Crippen molar-refractivity contribution in [3.8, 4) is 5.75 Å². The van der Waals surface area contributed by atoms with Gasteiger partial charge in [0.1, 0.15) is 5.75 Å². The number of benzene rings is 1. The number of urea groups is 1. The highest BCUT2D eigenvalue weighted by atomic mass is 16.5. The zero-order valence-electron chi connectivity index (χ0n) is 16.7. The summed E-state index contributed by atoms with van der Waals surface area (Å²) in [7, 11) is 3.72. The van der Waals surface area contributed by atoms with Gasteiger partial charge in [-0.2, -0.15) is 0 Å². The second-order valence-corrected chi connectivity index (χ2v) is 8.63. The Balaban J connectivity index is 1.23. The molecule has 0 unspecified atom stereocenters. The second-order valence-electron chi connectivity index (χ2n) is 8.63. The van der Waals surface area contributed by atoms with Crippen LogP contribution in [0.2, 0.25) is 0 Å². The highest BCUT2D eigenvalue weighted by Gasteiger charge is 2.45. The molecule has 1 aromatic rings. The number of nitrogens with one attached hydrogen (secondary N) is 1. The van der Waals surface area contributed by atoms with Gasteiger partial charge in [-0.15, -0.1) is 0 Å². The van der Waals surface area contributed by atoms with E-state index in [-0.39, 0.29) is 6.03 Å². The number of carbonyl (C=O) groups is 1. The molecule has 1 heterocycles. The van der Waals surface area contributed by atoms with E-state index in [1.54, 1.807) is 7.11 Å². The van der Waals surface area contributed by atoms with Gasteiger partial charge in [-0.1, -0.05) is 12.1 Å². The number of amides is 2. The van der Waals surface area contributed by atoms with Gasteiger partial charge in [0.2, 0.25) is 0 Å². The molecule has 148 valence electrons. The van der Waals surface area contributed by atoms with Crippen LogP contribution in [-0.4, -0.2) is 55.2 Å². The highest BCUT2D eigenvalue weighted by Crippen LogP contribution is 2.46. The first kappa shape index (κ1) is 18.6. The van der Waals surface area contributed by atoms with Gasteiger partial charge in [0.25, 0.3) is 0 Å². The van der Waals surface area contributed by atoms with Crippen LogP contribution in [0.15, 0.2) is 24.3 Å². The number of rotatable bonds is 7. The summed E-state index contributed by atoms with van der Waals surface area (Å²) in [6.45, 7) is 3.00. The molecular formula is C22H33N3O2. The Hall–Kier alpha value is -1.75. The normalized spacial score (nSPS) is 21.3. The smallest absolute Gasteiger partial charge is 0.317 e. The third-order valence-corrected chi connectivity index (χ3v) is 6.43. The van der Waals surface area contributed by atoms with Gasteiger partial charge >= 0.3 is 6.03 Å². The van der Waals surface area contributed by atoms with E-state index in [9.17, 15) is 4.79 Å². The van der Waals surface area contributed by atoms with E-state index in [4.69, 9.17) is 4.74 Å². The molecule has 4 rings (SSSR count). The third kappa shape index (κ3) is 4.75. The minimum absolute atomic E-state index is 0.144. The van der Waals surface area contributed by atoms with Crippen molar-refractivity contribution in [2.45, 2.75) is 57.2 Å². The zero-order valence-corrected chi connectivity index (χ0v) is 16.7. The topological polar surface area (TPSA) is 44.8 Å². The fourth-order valence-electron chi connectivity index (χ4n) is 4.57. The lowest BCUT2D eigenvalue weighted by Crippen LogP contribution is -2.51. The summed E-state index contributed by atoms with van der Waals surface area (Å²) in [5, 5.41) is 3.31. The maximum absolute atomic E-state index is 12.7. The largest absolute Gasteiger partial charge is 0.497 e. The van der Waals surface area contributed by atoms with Gasteiger partial charge in [-0.25, -0.2) is 4.79 Å². The van der Waals surface area contributed by atoms with Gasteiger partial charge in [0.15, 0.2) is 0 Å². The molecule has 27 heavy (non-hydrogen) atoms. The van der Waals surface area contributed by atoms with Crippen molar-refractivity contribution < 1.29 is 9.53 Å². The summed E-state index contributed by atoms with van der Waals surface area (Å²) in [5.74, 6) is 2.44. The number of likely N-dealkylation sites (tertiary alicyclic amines) is 1. The van der Waals surface area contributed by atoms with E-state index in [2.05, 4.69) is 22.3 Å². The quantitative estimate of drug-likeness (QED) is 0.798. The number of hydrogen-bond acceptors (Lipinski definition) is 3. The maximum atomic E-state index is 12.7. The molecule has 2 amide bonds. The third-order valence-electron chi connectivity index (χ3n) is 6.43. The van der Waals surface area contributed by atoms with E-state index >= 15 is 0 Å². The zero-order chi connectivity index (χ0) is 18.8. The van der Waals surface area contributed by atoms with Crippen molar-refractivity contribution in [2.75, 3.05) is 27.2 Å². The number of nitrogens with zero attached hydrogens (tertiary/aromatic N) is 2. The molecule has 1 N–H and O–H groups in total. The molecule has 2 aliphatic carbocycles. The summed E-state index contributed by atoms with van der Waals surface area (Å²) in [6.07, 6.45) is 7.29. The Kier molecular flexibility index (Phi) is 5.58. The molecule has 2 saturated carbocycles. The lowest BCUT2D eigenvalue weighted by Gasteiger charge is -2.35. The van der Waals surface area contributed by atoms with Crippen molar-refractivity contribution in [1.29, 1.82) is 0 Å². The van der Waals surface area contributed by atoms with E-state index in [0.29, 0.717) is 12.1 Å². The van der Waals surface area contributed by atoms with E-state index in [1.165, 1.54) is 31.2 Å². The number of carbonyl (C=O) groups excluding carboxylic acids is 1. The van der Waals surface area contributed by atoms with Gasteiger partial charge in [-0.05, 0) is 68.1 Å². The Bertz CT molecular complexity index is 637. The minimum atomic E-state index is 0.144. The molecule has 1 aromatic carbocycles. The molecule has 0 radical (unpaired) electrons. The fourth-order valence-corrected chi connectivity index (χ4v) is 4.57. The van der Waals surface area contributed by atoms with E-state index in [1.807, 2.05) is 24.1 Å². The first-order valence-electron chi connectivity index (χ1n) is 10.5. The van der Waals surface area contributed by atoms with E-state index < -0.39 is 0 Å². The Morgan fingerprint density at radius 1 is 1.19 bits per heavy atom. The molecule has 1 saturated heterocycles. The van der Waals surface area contributed by atoms with Crippen molar-refractivity contribution in [2.24, 2.45) is 11.8 Å². The maximum Gasteiger partial charge on any atom is 0.317 e. The number of methoxy groups -OCH3 is 1. The average Bonchev–Trinajstić information content (AvgIpc) is 3.59. The predicted octanol–water partition coefficient (Wildman–Crippen LogP) is 3.49. The molecule has 0 bridgehead atoms. The first-order valence-corrected chi connectivity index (χ1v) is 10.5. The molecule has 0 atom stereocenters. The van der Waals surface area contributed by atoms with Crippen LogP contribution in [0, 0.1) is 11.8 Å². The molecule has 0 aromatic heterocycles. The molecular weight excluding hydrogens is 338 g/mol. The lowest BCUT2D eigenvalue weighted by molar-refractivity contribution is 0.155. The van der Waals surface area contributed by atoms with Crippen LogP contribution >= 0.6 is 0 Å². The lowest BCUT2D eigenvalue weighted by atomic mass is 10.0. The summed E-state index contributed by atoms with van der Waals surface area (Å²) < 4.78 is 5.32. The van der Waals surface area contributed by atoms with Crippen molar-refractivity contribution in [3.05, 3.63) is 29.8 Å². The van der Waals surface area contributed by atoms with Crippen LogP contribution in [0.4, 0.5) is 4.79 Å². The molecule has 5 nitrogen and oxygen atoms in total. The number of hydrogen-bond donors (Lipinski definition) is 1. The summed E-state index contributed by atoms with van der Waals surface area (Å²) in [6, 6.07) is 9.23. The van der Waals surface area contributed by atoms with Crippen LogP contribution in [0.25, 0.3) is 0 Å². The van der Waals surface area contributed by atoms with Crippen molar-refractivity contribution in [1.82, 2.24) is 15.1 Å². The Morgan fingerprint density at radius 2 is 1.85 bits per heavy atom. The molecule has 3 fully saturated rings. The van der Waals surface area contributed by atoms with Crippen LogP contribution in [-0.2, 0) is 6.54 Å². The Morgan fingerprint density at radius 3 is 2.44 bits per heavy atom. The standard InChI is InChI=1S/C22H33N3O2/c1-24(21(17-6-7-17)18-8-9-18)22(26)23-19-10-12-25(13-11-19)15-16-4-3-5-20(14-16)27-2/h3-5,14,17-19,21H,6-13,15H2,1-2H3,(H,23,26). The van der Waals surface area contributed by atoms with Gasteiger partial charge in [-0.3, -0.25) is 4.90 Å². The second kappa shape index (κ2) is 8.09. The van der Waals surface area contributed by atoms with Gasteiger partial charge in [0.05, 0.1) is 7.11 Å². The van der Waals surface area contributed by atoms with Gasteiger partial charge in [0, 0.05) is 38.8 Å². The van der Waals surface area contributed by atoms with Gasteiger partial charge < -0.3 is 15.0 Å². The minimum Gasteiger partial charge on any atom is -0.497 e. The Labute approximate surface area is 163 Å². The summed E-state index contributed by atoms with van der Waals surface area (Å²) >= 11 is 0. The molecule has 5 heteroatoms. The van der Waals surface area contributed by atoms with E-state index in [0.717, 1.165) is 50.1 Å². The highest BCUT2D eigenvalue weighted by molar-refractivity contribution is 5.74. The molecule has 1 aliphatic heterocycles. The van der Waals surface area contributed by atoms with Crippen LogP contribution < -0.4 is 10.1 Å². The monoisotopic (exact) mass is 371 g/mol. The summed E-state index contributed by atoms with van der Waals surface area (Å²) in [4.78, 5) is 17.2. The van der Waals surface area contributed by atoms with Crippen LogP contribution in [0.1, 0.15) is 44.1 Å². The first-order chi connectivity index (χ1) is 13.1. The predicted molar refractivity (Wildman–Crippen MR) is 107 cm³/mol. The van der Waals surface area contributed by atoms with Crippen molar-refractivity contribution >= 4 is 6.03 Å². The average molecular weight is 372 g/mol. The number of piperidine rings is 1. The molecule has 3 aliphatic rings. The SMILES string of the molecule is COc1cccc(CN2CCC(NC(=O)N(C)C(C3CC3)C3CC3)CC2)c1. The molecule has 0 spiro atoms. The fraction of sp³-hybridized carbons (Fsp3) is 0.682. The van der Waals surface area contributed by atoms with Crippen LogP contribution in [0.5, 0.6) is 5.75 Å². The van der Waals surface area contributed by atoms with Crippen LogP contribution in [0.3, 0.4) is 0 Å². The number of ether oxygens (including phenoxy) is 1. The van der Waals surface area contributed by atoms with Crippen molar-refractivity contribution in [3.63, 3.8) is 0 Å². The summed E-state index contributed by atoms with van der Waals surface area (Å²) in [5.41, 5.74) is 1.29.